The van der Waals surface area contributed by atoms with E-state index in [-0.39, 0.29) is 11.3 Å². The predicted octanol–water partition coefficient (Wildman–Crippen LogP) is 0.723. The number of hydrogen-bond donors (Lipinski definition) is 0. The molecule has 1 atom stereocenters. The van der Waals surface area contributed by atoms with Gasteiger partial charge in [-0.1, -0.05) is 0 Å². The standard InChI is InChI=1S/C18H24N4O3/c23-16(13-1-2-13)22-4-3-18(11-22)12-25-10-14-9-19-17(20-15(14)18)21-5-7-24-8-6-21/h9,13H,1-8,10-12H2/t18-/m0/s1. The van der Waals surface area contributed by atoms with Crippen LogP contribution in [-0.4, -0.2) is 66.8 Å². The van der Waals surface area contributed by atoms with Crippen LogP contribution in [0.25, 0.3) is 0 Å². The fourth-order valence-electron chi connectivity index (χ4n) is 4.26. The molecule has 5 rings (SSSR count). The molecule has 4 aliphatic rings. The van der Waals surface area contributed by atoms with E-state index in [1.54, 1.807) is 0 Å². The maximum Gasteiger partial charge on any atom is 0.225 e. The average Bonchev–Trinajstić information content (AvgIpc) is 3.43. The zero-order valence-electron chi connectivity index (χ0n) is 14.4. The monoisotopic (exact) mass is 344 g/mol. The van der Waals surface area contributed by atoms with E-state index in [4.69, 9.17) is 14.5 Å². The van der Waals surface area contributed by atoms with Gasteiger partial charge in [0, 0.05) is 43.9 Å². The number of ether oxygens (including phenoxy) is 2. The molecule has 0 unspecified atom stereocenters. The molecule has 0 radical (unpaired) electrons. The Labute approximate surface area is 147 Å². The summed E-state index contributed by atoms with van der Waals surface area (Å²) < 4.78 is 11.3. The first-order valence-electron chi connectivity index (χ1n) is 9.31. The second-order valence-electron chi connectivity index (χ2n) is 7.70. The van der Waals surface area contributed by atoms with Gasteiger partial charge in [-0.3, -0.25) is 4.79 Å². The van der Waals surface area contributed by atoms with Gasteiger partial charge < -0.3 is 19.3 Å². The van der Waals surface area contributed by atoms with E-state index < -0.39 is 0 Å². The van der Waals surface area contributed by atoms with Crippen LogP contribution in [0.5, 0.6) is 0 Å². The quantitative estimate of drug-likeness (QED) is 0.788. The van der Waals surface area contributed by atoms with Crippen molar-refractivity contribution in [1.29, 1.82) is 0 Å². The Bertz CT molecular complexity index is 687. The van der Waals surface area contributed by atoms with Crippen molar-refractivity contribution in [1.82, 2.24) is 14.9 Å². The minimum atomic E-state index is -0.165. The van der Waals surface area contributed by atoms with E-state index >= 15 is 0 Å². The predicted molar refractivity (Wildman–Crippen MR) is 90.3 cm³/mol. The number of hydrogen-bond acceptors (Lipinski definition) is 6. The molecule has 3 fully saturated rings. The Morgan fingerprint density at radius 2 is 2.04 bits per heavy atom. The van der Waals surface area contributed by atoms with Crippen molar-refractivity contribution in [2.45, 2.75) is 31.3 Å². The summed E-state index contributed by atoms with van der Waals surface area (Å²) in [6.45, 7) is 5.86. The van der Waals surface area contributed by atoms with Gasteiger partial charge in [0.15, 0.2) is 0 Å². The van der Waals surface area contributed by atoms with Crippen molar-refractivity contribution in [3.63, 3.8) is 0 Å². The van der Waals surface area contributed by atoms with Crippen molar-refractivity contribution in [3.05, 3.63) is 17.5 Å². The van der Waals surface area contributed by atoms with Crippen LogP contribution < -0.4 is 4.90 Å². The van der Waals surface area contributed by atoms with Gasteiger partial charge in [0.2, 0.25) is 11.9 Å². The molecule has 0 aromatic carbocycles. The van der Waals surface area contributed by atoms with E-state index in [1.165, 1.54) is 0 Å². The summed E-state index contributed by atoms with van der Waals surface area (Å²) in [5.74, 6) is 1.38. The molecule has 1 saturated carbocycles. The van der Waals surface area contributed by atoms with Crippen molar-refractivity contribution < 1.29 is 14.3 Å². The molecule has 1 aromatic rings. The van der Waals surface area contributed by atoms with Gasteiger partial charge in [-0.2, -0.15) is 0 Å². The molecule has 134 valence electrons. The fourth-order valence-corrected chi connectivity index (χ4v) is 4.26. The summed E-state index contributed by atoms with van der Waals surface area (Å²) in [5.41, 5.74) is 2.01. The summed E-state index contributed by atoms with van der Waals surface area (Å²) >= 11 is 0. The van der Waals surface area contributed by atoms with Crippen molar-refractivity contribution in [2.24, 2.45) is 5.92 Å². The van der Waals surface area contributed by atoms with Crippen LogP contribution >= 0.6 is 0 Å². The van der Waals surface area contributed by atoms with E-state index in [0.717, 1.165) is 75.9 Å². The number of rotatable bonds is 2. The van der Waals surface area contributed by atoms with Crippen LogP contribution in [0.2, 0.25) is 0 Å². The number of amides is 1. The molecule has 0 N–H and O–H groups in total. The van der Waals surface area contributed by atoms with Gasteiger partial charge in [-0.15, -0.1) is 0 Å². The number of carbonyl (C=O) groups is 1. The molecule has 1 aromatic heterocycles. The summed E-state index contributed by atoms with van der Waals surface area (Å²) in [6.07, 6.45) is 4.95. The van der Waals surface area contributed by atoms with E-state index in [1.807, 2.05) is 11.1 Å². The Morgan fingerprint density at radius 3 is 2.84 bits per heavy atom. The highest BCUT2D eigenvalue weighted by Crippen LogP contribution is 2.41. The molecule has 7 heteroatoms. The highest BCUT2D eigenvalue weighted by atomic mass is 16.5. The van der Waals surface area contributed by atoms with Crippen molar-refractivity contribution in [2.75, 3.05) is 50.9 Å². The van der Waals surface area contributed by atoms with Gasteiger partial charge in [0.1, 0.15) is 0 Å². The summed E-state index contributed by atoms with van der Waals surface area (Å²) in [4.78, 5) is 26.2. The van der Waals surface area contributed by atoms with Crippen LogP contribution in [-0.2, 0) is 26.3 Å². The van der Waals surface area contributed by atoms with Crippen LogP contribution in [0.1, 0.15) is 30.5 Å². The lowest BCUT2D eigenvalue weighted by Gasteiger charge is -2.35. The summed E-state index contributed by atoms with van der Waals surface area (Å²) in [5, 5.41) is 0. The minimum absolute atomic E-state index is 0.165. The summed E-state index contributed by atoms with van der Waals surface area (Å²) in [6, 6.07) is 0. The lowest BCUT2D eigenvalue weighted by Crippen LogP contribution is -2.43. The second kappa shape index (κ2) is 5.92. The van der Waals surface area contributed by atoms with Gasteiger partial charge in [0.25, 0.3) is 0 Å². The maximum atomic E-state index is 12.5. The largest absolute Gasteiger partial charge is 0.378 e. The second-order valence-corrected chi connectivity index (χ2v) is 7.70. The van der Waals surface area contributed by atoms with Crippen molar-refractivity contribution >= 4 is 11.9 Å². The van der Waals surface area contributed by atoms with Crippen LogP contribution in [0.15, 0.2) is 6.20 Å². The lowest BCUT2D eigenvalue weighted by molar-refractivity contribution is -0.131. The molecule has 0 bridgehead atoms. The number of morpholine rings is 1. The number of carbonyl (C=O) groups excluding carboxylic acids is 1. The highest BCUT2D eigenvalue weighted by Gasteiger charge is 2.48. The van der Waals surface area contributed by atoms with E-state index in [2.05, 4.69) is 9.88 Å². The normalized spacial score (nSPS) is 29.1. The Kier molecular flexibility index (Phi) is 3.67. The first kappa shape index (κ1) is 15.5. The van der Waals surface area contributed by atoms with Crippen LogP contribution in [0, 0.1) is 5.92 Å². The molecule has 7 nitrogen and oxygen atoms in total. The fraction of sp³-hybridized carbons (Fsp3) is 0.722. The molecule has 3 aliphatic heterocycles. The first-order valence-corrected chi connectivity index (χ1v) is 9.31. The lowest BCUT2D eigenvalue weighted by atomic mass is 9.80. The van der Waals surface area contributed by atoms with Crippen molar-refractivity contribution in [3.8, 4) is 0 Å². The SMILES string of the molecule is O=C(C1CC1)N1CC[C@@]2(COCc3cnc(N4CCOCC4)nc32)C1. The molecule has 1 amide bonds. The van der Waals surface area contributed by atoms with Crippen LogP contribution in [0.3, 0.4) is 0 Å². The average molecular weight is 344 g/mol. The van der Waals surface area contributed by atoms with E-state index in [0.29, 0.717) is 19.1 Å². The van der Waals surface area contributed by atoms with Gasteiger partial charge in [-0.25, -0.2) is 9.97 Å². The number of fused-ring (bicyclic) bond motifs is 2. The third kappa shape index (κ3) is 2.69. The third-order valence-electron chi connectivity index (χ3n) is 5.88. The molecule has 25 heavy (non-hydrogen) atoms. The van der Waals surface area contributed by atoms with Gasteiger partial charge in [-0.05, 0) is 19.3 Å². The molecular formula is C18H24N4O3. The number of aromatic nitrogens is 2. The molecule has 1 aliphatic carbocycles. The zero-order chi connectivity index (χ0) is 16.9. The summed E-state index contributed by atoms with van der Waals surface area (Å²) in [7, 11) is 0. The topological polar surface area (TPSA) is 67.8 Å². The van der Waals surface area contributed by atoms with Gasteiger partial charge in [0.05, 0.1) is 37.5 Å². The first-order chi connectivity index (χ1) is 12.3. The number of likely N-dealkylation sites (tertiary alicyclic amines) is 1. The van der Waals surface area contributed by atoms with Gasteiger partial charge >= 0.3 is 0 Å². The van der Waals surface area contributed by atoms with Crippen LogP contribution in [0.4, 0.5) is 5.95 Å². The molecular weight excluding hydrogens is 320 g/mol. The highest BCUT2D eigenvalue weighted by molar-refractivity contribution is 5.81. The number of anilines is 1. The molecule has 2 saturated heterocycles. The smallest absolute Gasteiger partial charge is 0.225 e. The number of nitrogens with zero attached hydrogens (tertiary/aromatic N) is 4. The Hall–Kier alpha value is -1.73. The molecule has 4 heterocycles. The third-order valence-corrected chi connectivity index (χ3v) is 5.88. The Morgan fingerprint density at radius 1 is 1.20 bits per heavy atom. The zero-order valence-corrected chi connectivity index (χ0v) is 14.4. The Balaban J connectivity index is 1.44. The minimum Gasteiger partial charge on any atom is -0.378 e. The van der Waals surface area contributed by atoms with E-state index in [9.17, 15) is 4.79 Å². The molecule has 1 spiro atoms. The maximum absolute atomic E-state index is 12.5.